The summed E-state index contributed by atoms with van der Waals surface area (Å²) < 4.78 is 0. The highest BCUT2D eigenvalue weighted by molar-refractivity contribution is 7.80. The van der Waals surface area contributed by atoms with Crippen molar-refractivity contribution in [3.05, 3.63) is 11.1 Å². The molecule has 0 aliphatic carbocycles. The number of nitrogens with zero attached hydrogens (tertiary/aromatic N) is 1. The first kappa shape index (κ1) is 11.5. The van der Waals surface area contributed by atoms with E-state index >= 15 is 0 Å². The number of hydrogen-bond acceptors (Lipinski definition) is 5. The van der Waals surface area contributed by atoms with E-state index < -0.39 is 0 Å². The standard InChI is InChI=1S/C9H14N2OS2/c1-6(2)8(12)7-5-11-9(14-7)10-3-4-13/h5-6,13H,3-4H2,1-2H3,(H,10,11). The lowest BCUT2D eigenvalue weighted by Gasteiger charge is -1.99. The Labute approximate surface area is 93.3 Å². The second kappa shape index (κ2) is 5.36. The van der Waals surface area contributed by atoms with Gasteiger partial charge in [-0.2, -0.15) is 12.6 Å². The Balaban J connectivity index is 2.63. The molecule has 3 nitrogen and oxygen atoms in total. The van der Waals surface area contributed by atoms with Crippen LogP contribution in [0.3, 0.4) is 0 Å². The van der Waals surface area contributed by atoms with Crippen molar-refractivity contribution >= 4 is 34.9 Å². The fourth-order valence-electron chi connectivity index (χ4n) is 0.917. The number of anilines is 1. The Morgan fingerprint density at radius 2 is 2.43 bits per heavy atom. The molecule has 0 bridgehead atoms. The van der Waals surface area contributed by atoms with E-state index in [2.05, 4.69) is 22.9 Å². The molecule has 0 aliphatic heterocycles. The highest BCUT2D eigenvalue weighted by Gasteiger charge is 2.13. The molecule has 0 aliphatic rings. The van der Waals surface area contributed by atoms with Gasteiger partial charge in [-0.1, -0.05) is 25.2 Å². The van der Waals surface area contributed by atoms with Gasteiger partial charge in [0.25, 0.3) is 0 Å². The molecular weight excluding hydrogens is 216 g/mol. The number of thiazole rings is 1. The van der Waals surface area contributed by atoms with Crippen LogP contribution in [0.1, 0.15) is 23.5 Å². The summed E-state index contributed by atoms with van der Waals surface area (Å²) >= 11 is 5.48. The highest BCUT2D eigenvalue weighted by atomic mass is 32.1. The molecule has 1 N–H and O–H groups in total. The molecule has 0 amide bonds. The third-order valence-corrected chi connectivity index (χ3v) is 2.85. The summed E-state index contributed by atoms with van der Waals surface area (Å²) in [6.07, 6.45) is 1.63. The quantitative estimate of drug-likeness (QED) is 0.602. The number of carbonyl (C=O) groups excluding carboxylic acids is 1. The van der Waals surface area contributed by atoms with Crippen LogP contribution in [0.5, 0.6) is 0 Å². The zero-order valence-corrected chi connectivity index (χ0v) is 9.99. The summed E-state index contributed by atoms with van der Waals surface area (Å²) in [5, 5.41) is 3.88. The van der Waals surface area contributed by atoms with E-state index in [9.17, 15) is 4.79 Å². The molecule has 1 rings (SSSR count). The van der Waals surface area contributed by atoms with Gasteiger partial charge in [-0.15, -0.1) is 0 Å². The molecule has 0 saturated heterocycles. The predicted molar refractivity (Wildman–Crippen MR) is 63.6 cm³/mol. The lowest BCUT2D eigenvalue weighted by atomic mass is 10.1. The second-order valence-corrected chi connectivity index (χ2v) is 4.68. The minimum absolute atomic E-state index is 0.0354. The van der Waals surface area contributed by atoms with Gasteiger partial charge >= 0.3 is 0 Å². The Morgan fingerprint density at radius 1 is 1.71 bits per heavy atom. The van der Waals surface area contributed by atoms with Crippen LogP contribution in [0, 0.1) is 5.92 Å². The Hall–Kier alpha value is -0.550. The average molecular weight is 230 g/mol. The summed E-state index contributed by atoms with van der Waals surface area (Å²) in [4.78, 5) is 16.4. The van der Waals surface area contributed by atoms with E-state index in [4.69, 9.17) is 0 Å². The molecule has 14 heavy (non-hydrogen) atoms. The van der Waals surface area contributed by atoms with Crippen molar-refractivity contribution in [3.63, 3.8) is 0 Å². The van der Waals surface area contributed by atoms with Gasteiger partial charge < -0.3 is 5.32 Å². The maximum Gasteiger partial charge on any atom is 0.183 e. The minimum atomic E-state index is 0.0354. The molecular formula is C9H14N2OS2. The number of ketones is 1. The van der Waals surface area contributed by atoms with Gasteiger partial charge in [-0.25, -0.2) is 4.98 Å². The fourth-order valence-corrected chi connectivity index (χ4v) is 1.96. The van der Waals surface area contributed by atoms with Gasteiger partial charge in [0, 0.05) is 18.2 Å². The molecule has 1 aromatic heterocycles. The van der Waals surface area contributed by atoms with Crippen LogP contribution in [-0.2, 0) is 0 Å². The van der Waals surface area contributed by atoms with Crippen molar-refractivity contribution in [3.8, 4) is 0 Å². The van der Waals surface area contributed by atoms with Gasteiger partial charge in [0.15, 0.2) is 10.9 Å². The number of Topliss-reactive ketones (excluding diaryl/α,β-unsaturated/α-hetero) is 1. The van der Waals surface area contributed by atoms with Gasteiger partial charge in [0.2, 0.25) is 0 Å². The summed E-state index contributed by atoms with van der Waals surface area (Å²) in [6, 6.07) is 0. The van der Waals surface area contributed by atoms with E-state index in [1.165, 1.54) is 11.3 Å². The molecule has 0 atom stereocenters. The molecule has 0 aromatic carbocycles. The number of nitrogens with one attached hydrogen (secondary N) is 1. The van der Waals surface area contributed by atoms with Gasteiger partial charge in [-0.05, 0) is 0 Å². The van der Waals surface area contributed by atoms with Crippen LogP contribution in [-0.4, -0.2) is 23.1 Å². The molecule has 0 radical (unpaired) electrons. The molecule has 1 heterocycles. The van der Waals surface area contributed by atoms with Crippen LogP contribution < -0.4 is 5.32 Å². The Kier molecular flexibility index (Phi) is 4.41. The van der Waals surface area contributed by atoms with Crippen LogP contribution in [0.15, 0.2) is 6.20 Å². The SMILES string of the molecule is CC(C)C(=O)c1cnc(NCCS)s1. The van der Waals surface area contributed by atoms with Gasteiger partial charge in [0.05, 0.1) is 11.1 Å². The minimum Gasteiger partial charge on any atom is -0.361 e. The van der Waals surface area contributed by atoms with Crippen molar-refractivity contribution in [2.45, 2.75) is 13.8 Å². The lowest BCUT2D eigenvalue weighted by molar-refractivity contribution is 0.0943. The topological polar surface area (TPSA) is 42.0 Å². The first-order chi connectivity index (χ1) is 6.65. The number of carbonyl (C=O) groups is 1. The van der Waals surface area contributed by atoms with Gasteiger partial charge in [0.1, 0.15) is 0 Å². The van der Waals surface area contributed by atoms with Crippen LogP contribution in [0.25, 0.3) is 0 Å². The summed E-state index contributed by atoms with van der Waals surface area (Å²) in [6.45, 7) is 4.55. The van der Waals surface area contributed by atoms with Crippen LogP contribution in [0.4, 0.5) is 5.13 Å². The van der Waals surface area contributed by atoms with E-state index in [1.54, 1.807) is 6.20 Å². The maximum absolute atomic E-state index is 11.6. The predicted octanol–water partition coefficient (Wildman–Crippen LogP) is 2.32. The van der Waals surface area contributed by atoms with Gasteiger partial charge in [-0.3, -0.25) is 4.79 Å². The second-order valence-electron chi connectivity index (χ2n) is 3.20. The maximum atomic E-state index is 11.6. The third kappa shape index (κ3) is 2.99. The molecule has 0 unspecified atom stereocenters. The molecule has 78 valence electrons. The fraction of sp³-hybridized carbons (Fsp3) is 0.556. The number of aromatic nitrogens is 1. The van der Waals surface area contributed by atoms with E-state index in [-0.39, 0.29) is 11.7 Å². The van der Waals surface area contributed by atoms with Crippen LogP contribution in [0.2, 0.25) is 0 Å². The van der Waals surface area contributed by atoms with Crippen LogP contribution >= 0.6 is 24.0 Å². The van der Waals surface area contributed by atoms with Crippen molar-refractivity contribution < 1.29 is 4.79 Å². The number of rotatable bonds is 5. The van der Waals surface area contributed by atoms with Crippen molar-refractivity contribution in [1.82, 2.24) is 4.98 Å². The van der Waals surface area contributed by atoms with E-state index in [0.29, 0.717) is 0 Å². The molecule has 0 saturated carbocycles. The van der Waals surface area contributed by atoms with Crippen molar-refractivity contribution in [2.75, 3.05) is 17.6 Å². The number of thiol groups is 1. The molecule has 1 aromatic rings. The monoisotopic (exact) mass is 230 g/mol. The Morgan fingerprint density at radius 3 is 3.00 bits per heavy atom. The first-order valence-corrected chi connectivity index (χ1v) is 5.94. The lowest BCUT2D eigenvalue weighted by Crippen LogP contribution is -2.04. The zero-order valence-electron chi connectivity index (χ0n) is 8.28. The molecule has 5 heteroatoms. The number of hydrogen-bond donors (Lipinski definition) is 2. The Bertz CT molecular complexity index is 310. The average Bonchev–Trinajstić information content (AvgIpc) is 2.61. The third-order valence-electron chi connectivity index (χ3n) is 1.66. The summed E-state index contributed by atoms with van der Waals surface area (Å²) in [5.41, 5.74) is 0. The molecule has 0 fully saturated rings. The zero-order chi connectivity index (χ0) is 10.6. The van der Waals surface area contributed by atoms with Crippen molar-refractivity contribution in [1.29, 1.82) is 0 Å². The smallest absolute Gasteiger partial charge is 0.183 e. The van der Waals surface area contributed by atoms with E-state index in [0.717, 1.165) is 22.3 Å². The largest absolute Gasteiger partial charge is 0.361 e. The summed E-state index contributed by atoms with van der Waals surface area (Å²) in [5.74, 6) is 0.946. The van der Waals surface area contributed by atoms with E-state index in [1.807, 2.05) is 13.8 Å². The first-order valence-electron chi connectivity index (χ1n) is 4.50. The summed E-state index contributed by atoms with van der Waals surface area (Å²) in [7, 11) is 0. The van der Waals surface area contributed by atoms with Crippen molar-refractivity contribution in [2.24, 2.45) is 5.92 Å². The normalized spacial score (nSPS) is 10.6. The highest BCUT2D eigenvalue weighted by Crippen LogP contribution is 2.20. The molecule has 0 spiro atoms.